The molecule has 15 nitrogen and oxygen atoms in total. The number of nitrogens with zero attached hydrogens (tertiary/aromatic N) is 2. The van der Waals surface area contributed by atoms with Crippen LogP contribution in [0.1, 0.15) is 41.5 Å². The third-order valence-electron chi connectivity index (χ3n) is 6.59. The molecule has 3 amide bonds. The molecule has 1 aliphatic heterocycles. The average Bonchev–Trinajstić information content (AvgIpc) is 3.31. The minimum atomic E-state index is -0.516. The van der Waals surface area contributed by atoms with Crippen molar-refractivity contribution in [2.45, 2.75) is 26.4 Å². The molecular weight excluding hydrogens is 644 g/mol. The minimum Gasteiger partial charge on any atom is -0.444 e. The van der Waals surface area contributed by atoms with Gasteiger partial charge in [0.15, 0.2) is 0 Å². The molecule has 0 aliphatic carbocycles. The standard InChI is InChI=1S/C34H56N2O13/c1-34(2,3)49-33(39)35(4)9-11-40-13-15-42-17-19-44-21-23-46-25-27-48-28-26-47-24-22-45-20-18-43-16-14-41-12-10-36-31(37)29-7-5-6-8-30(29)32(36)38/h5-8H,9-28H2,1-4H3. The number of fused-ring (bicyclic) bond motifs is 1. The molecule has 1 aromatic rings. The molecule has 0 atom stereocenters. The molecule has 0 unspecified atom stereocenters. The van der Waals surface area contributed by atoms with Gasteiger partial charge in [0.05, 0.1) is 137 Å². The van der Waals surface area contributed by atoms with Crippen molar-refractivity contribution < 1.29 is 61.8 Å². The summed E-state index contributed by atoms with van der Waals surface area (Å²) in [5.74, 6) is -0.562. The zero-order valence-corrected chi connectivity index (χ0v) is 29.7. The van der Waals surface area contributed by atoms with Crippen LogP contribution in [-0.4, -0.2) is 172 Å². The Morgan fingerprint density at radius 1 is 0.551 bits per heavy atom. The molecule has 15 heteroatoms. The predicted octanol–water partition coefficient (Wildman–Crippen LogP) is 2.30. The lowest BCUT2D eigenvalue weighted by molar-refractivity contribution is -0.0255. The van der Waals surface area contributed by atoms with Gasteiger partial charge in [-0.1, -0.05) is 12.1 Å². The van der Waals surface area contributed by atoms with Gasteiger partial charge in [-0.2, -0.15) is 0 Å². The van der Waals surface area contributed by atoms with E-state index in [1.165, 1.54) is 9.80 Å². The molecule has 0 N–H and O–H groups in total. The first-order valence-corrected chi connectivity index (χ1v) is 16.8. The molecule has 1 aliphatic rings. The first-order valence-electron chi connectivity index (χ1n) is 16.8. The summed E-state index contributed by atoms with van der Waals surface area (Å²) in [5, 5.41) is 0. The topological polar surface area (TPSA) is 150 Å². The largest absolute Gasteiger partial charge is 0.444 e. The first-order chi connectivity index (χ1) is 23.7. The van der Waals surface area contributed by atoms with Crippen molar-refractivity contribution >= 4 is 17.9 Å². The van der Waals surface area contributed by atoms with Gasteiger partial charge in [-0.25, -0.2) is 4.79 Å². The van der Waals surface area contributed by atoms with E-state index in [-0.39, 0.29) is 31.1 Å². The number of hydrogen-bond donors (Lipinski definition) is 0. The van der Waals surface area contributed by atoms with Gasteiger partial charge in [0.25, 0.3) is 11.8 Å². The number of ether oxygens (including phenoxy) is 10. The number of rotatable bonds is 30. The van der Waals surface area contributed by atoms with E-state index in [9.17, 15) is 14.4 Å². The Morgan fingerprint density at radius 2 is 0.857 bits per heavy atom. The number of carbonyl (C=O) groups excluding carboxylic acids is 3. The van der Waals surface area contributed by atoms with Crippen LogP contribution < -0.4 is 0 Å². The van der Waals surface area contributed by atoms with E-state index >= 15 is 0 Å². The molecule has 1 aromatic carbocycles. The lowest BCUT2D eigenvalue weighted by Crippen LogP contribution is -2.36. The highest BCUT2D eigenvalue weighted by Gasteiger charge is 2.34. The van der Waals surface area contributed by atoms with Crippen LogP contribution in [0, 0.1) is 0 Å². The van der Waals surface area contributed by atoms with Gasteiger partial charge in [0.2, 0.25) is 0 Å². The number of imide groups is 1. The fraction of sp³-hybridized carbons (Fsp3) is 0.735. The smallest absolute Gasteiger partial charge is 0.410 e. The quantitative estimate of drug-likeness (QED) is 0.0854. The highest BCUT2D eigenvalue weighted by atomic mass is 16.6. The van der Waals surface area contributed by atoms with Crippen LogP contribution >= 0.6 is 0 Å². The highest BCUT2D eigenvalue weighted by molar-refractivity contribution is 6.21. The normalized spacial score (nSPS) is 12.9. The third-order valence-corrected chi connectivity index (χ3v) is 6.59. The van der Waals surface area contributed by atoms with Crippen LogP contribution in [0.5, 0.6) is 0 Å². The van der Waals surface area contributed by atoms with Crippen molar-refractivity contribution in [1.82, 2.24) is 9.80 Å². The van der Waals surface area contributed by atoms with E-state index in [2.05, 4.69) is 0 Å². The van der Waals surface area contributed by atoms with Crippen molar-refractivity contribution in [3.05, 3.63) is 35.4 Å². The van der Waals surface area contributed by atoms with Crippen LogP contribution in [0.3, 0.4) is 0 Å². The van der Waals surface area contributed by atoms with Gasteiger partial charge in [-0.15, -0.1) is 0 Å². The molecule has 0 saturated heterocycles. The van der Waals surface area contributed by atoms with E-state index in [4.69, 9.17) is 47.4 Å². The van der Waals surface area contributed by atoms with Gasteiger partial charge >= 0.3 is 6.09 Å². The van der Waals surface area contributed by atoms with Crippen LogP contribution in [0.25, 0.3) is 0 Å². The molecule has 280 valence electrons. The van der Waals surface area contributed by atoms with E-state index in [0.717, 1.165) is 0 Å². The molecule has 0 bridgehead atoms. The fourth-order valence-electron chi connectivity index (χ4n) is 4.09. The van der Waals surface area contributed by atoms with Crippen molar-refractivity contribution in [2.75, 3.05) is 139 Å². The van der Waals surface area contributed by atoms with E-state index < -0.39 is 5.60 Å². The molecule has 0 fully saturated rings. The van der Waals surface area contributed by atoms with Crippen molar-refractivity contribution in [3.63, 3.8) is 0 Å². The Labute approximate surface area is 290 Å². The zero-order valence-electron chi connectivity index (χ0n) is 29.7. The number of carbonyl (C=O) groups is 3. The fourth-order valence-corrected chi connectivity index (χ4v) is 4.09. The lowest BCUT2D eigenvalue weighted by atomic mass is 10.1. The number of benzene rings is 1. The molecule has 49 heavy (non-hydrogen) atoms. The second-order valence-corrected chi connectivity index (χ2v) is 11.7. The first kappa shape index (κ1) is 42.4. The summed E-state index contributed by atoms with van der Waals surface area (Å²) in [4.78, 5) is 39.2. The Kier molecular flexibility index (Phi) is 22.6. The van der Waals surface area contributed by atoms with Gasteiger partial charge in [0, 0.05) is 13.6 Å². The minimum absolute atomic E-state index is 0.210. The molecular formula is C34H56N2O13. The maximum atomic E-state index is 12.3. The average molecular weight is 701 g/mol. The second kappa shape index (κ2) is 26.1. The molecule has 0 spiro atoms. The monoisotopic (exact) mass is 700 g/mol. The maximum absolute atomic E-state index is 12.3. The summed E-state index contributed by atoms with van der Waals surface area (Å²) in [5.41, 5.74) is 0.361. The van der Waals surface area contributed by atoms with Gasteiger partial charge in [-0.05, 0) is 32.9 Å². The van der Waals surface area contributed by atoms with E-state index in [1.54, 1.807) is 31.3 Å². The van der Waals surface area contributed by atoms with E-state index in [1.807, 2.05) is 20.8 Å². The predicted molar refractivity (Wildman–Crippen MR) is 178 cm³/mol. The second-order valence-electron chi connectivity index (χ2n) is 11.7. The lowest BCUT2D eigenvalue weighted by Gasteiger charge is -2.24. The van der Waals surface area contributed by atoms with Crippen LogP contribution in [0.15, 0.2) is 24.3 Å². The summed E-state index contributed by atoms with van der Waals surface area (Å²) in [6.07, 6.45) is -0.371. The van der Waals surface area contributed by atoms with Crippen molar-refractivity contribution in [3.8, 4) is 0 Å². The number of hydrogen-bond acceptors (Lipinski definition) is 13. The van der Waals surface area contributed by atoms with Gasteiger partial charge in [0.1, 0.15) is 5.60 Å². The van der Waals surface area contributed by atoms with E-state index in [0.29, 0.717) is 130 Å². The Balaban J connectivity index is 1.20. The summed E-state index contributed by atoms with van der Waals surface area (Å²) in [6.45, 7) is 14.0. The van der Waals surface area contributed by atoms with Gasteiger partial charge < -0.3 is 52.3 Å². The summed E-state index contributed by atoms with van der Waals surface area (Å²) < 4.78 is 54.5. The molecule has 1 heterocycles. The van der Waals surface area contributed by atoms with Crippen LogP contribution in [0.2, 0.25) is 0 Å². The van der Waals surface area contributed by atoms with Crippen LogP contribution in [-0.2, 0) is 47.4 Å². The van der Waals surface area contributed by atoms with Crippen LogP contribution in [0.4, 0.5) is 4.79 Å². The number of amides is 3. The molecule has 0 radical (unpaired) electrons. The van der Waals surface area contributed by atoms with Gasteiger partial charge in [-0.3, -0.25) is 14.5 Å². The highest BCUT2D eigenvalue weighted by Crippen LogP contribution is 2.21. The number of likely N-dealkylation sites (N-methyl/N-ethyl adjacent to an activating group) is 1. The van der Waals surface area contributed by atoms with Crippen molar-refractivity contribution in [1.29, 1.82) is 0 Å². The maximum Gasteiger partial charge on any atom is 0.410 e. The Bertz CT molecular complexity index is 1020. The Morgan fingerprint density at radius 3 is 1.18 bits per heavy atom. The summed E-state index contributed by atoms with van der Waals surface area (Å²) in [6, 6.07) is 6.81. The zero-order chi connectivity index (χ0) is 35.6. The Hall–Kier alpha value is -2.73. The van der Waals surface area contributed by atoms with Crippen molar-refractivity contribution in [2.24, 2.45) is 0 Å². The molecule has 0 saturated carbocycles. The SMILES string of the molecule is CN(CCOCCOCCOCCOCCOCCOCCOCCOCCOCCN1C(=O)c2ccccc2C1=O)C(=O)OC(C)(C)C. The summed E-state index contributed by atoms with van der Waals surface area (Å²) >= 11 is 0. The summed E-state index contributed by atoms with van der Waals surface area (Å²) in [7, 11) is 1.68. The third kappa shape index (κ3) is 19.9. The molecule has 0 aromatic heterocycles. The molecule has 2 rings (SSSR count).